The lowest BCUT2D eigenvalue weighted by molar-refractivity contribution is 0.0201. The lowest BCUT2D eigenvalue weighted by Crippen LogP contribution is -2.24. The Morgan fingerprint density at radius 3 is 2.33 bits per heavy atom. The van der Waals surface area contributed by atoms with E-state index in [1.807, 2.05) is 12.1 Å². The lowest BCUT2D eigenvalue weighted by atomic mass is 9.98. The molecule has 1 unspecified atom stereocenters. The molecule has 1 rings (SSSR count). The Kier molecular flexibility index (Phi) is 2.87. The zero-order valence-corrected chi connectivity index (χ0v) is 8.95. The highest BCUT2D eigenvalue weighted by molar-refractivity contribution is 7.27. The minimum absolute atomic E-state index is 0.196. The molecule has 0 fully saturated rings. The van der Waals surface area contributed by atoms with Crippen LogP contribution in [0.25, 0.3) is 0 Å². The van der Waals surface area contributed by atoms with Crippen LogP contribution in [0, 0.1) is 0 Å². The third kappa shape index (κ3) is 1.85. The second kappa shape index (κ2) is 3.55. The van der Waals surface area contributed by atoms with Crippen molar-refractivity contribution < 1.29 is 4.74 Å². The molecule has 0 radical (unpaired) electrons. The van der Waals surface area contributed by atoms with E-state index in [0.29, 0.717) is 0 Å². The number of benzene rings is 1. The van der Waals surface area contributed by atoms with Crippen LogP contribution in [0.5, 0.6) is 0 Å². The zero-order chi connectivity index (χ0) is 9.19. The van der Waals surface area contributed by atoms with E-state index in [-0.39, 0.29) is 5.60 Å². The van der Waals surface area contributed by atoms with E-state index in [4.69, 9.17) is 4.74 Å². The Balaban J connectivity index is 3.10. The molecule has 0 heterocycles. The van der Waals surface area contributed by atoms with Gasteiger partial charge < -0.3 is 4.74 Å². The molecule has 1 atom stereocenters. The molecule has 0 aliphatic rings. The molecular weight excluding hydrogens is 167 g/mol. The van der Waals surface area contributed by atoms with Crippen molar-refractivity contribution in [2.75, 3.05) is 7.11 Å². The predicted molar refractivity (Wildman–Crippen MR) is 55.8 cm³/mol. The van der Waals surface area contributed by atoms with Crippen molar-refractivity contribution >= 4 is 14.5 Å². The van der Waals surface area contributed by atoms with E-state index in [2.05, 4.69) is 35.2 Å². The van der Waals surface area contributed by atoms with Gasteiger partial charge in [-0.2, -0.15) is 0 Å². The van der Waals surface area contributed by atoms with Crippen LogP contribution >= 0.6 is 9.24 Å². The Morgan fingerprint density at radius 1 is 1.25 bits per heavy atom. The van der Waals surface area contributed by atoms with Gasteiger partial charge >= 0.3 is 0 Å². The van der Waals surface area contributed by atoms with Gasteiger partial charge in [0.25, 0.3) is 0 Å². The first-order valence-electron chi connectivity index (χ1n) is 3.98. The highest BCUT2D eigenvalue weighted by Crippen LogP contribution is 2.22. The van der Waals surface area contributed by atoms with Crippen LogP contribution in [0.4, 0.5) is 0 Å². The summed E-state index contributed by atoms with van der Waals surface area (Å²) in [6.07, 6.45) is 0. The first kappa shape index (κ1) is 9.70. The number of hydrogen-bond donors (Lipinski definition) is 0. The first-order chi connectivity index (χ1) is 5.58. The molecule has 0 aliphatic heterocycles. The number of rotatable bonds is 2. The summed E-state index contributed by atoms with van der Waals surface area (Å²) >= 11 is 0. The van der Waals surface area contributed by atoms with Crippen molar-refractivity contribution in [2.45, 2.75) is 19.4 Å². The van der Waals surface area contributed by atoms with Crippen LogP contribution in [-0.2, 0) is 10.3 Å². The fourth-order valence-electron chi connectivity index (χ4n) is 1.16. The summed E-state index contributed by atoms with van der Waals surface area (Å²) in [6, 6.07) is 8.22. The molecule has 1 aromatic rings. The predicted octanol–water partition coefficient (Wildman–Crippen LogP) is 2.07. The molecule has 1 aromatic carbocycles. The molecular formula is C10H15OP. The van der Waals surface area contributed by atoms with Crippen LogP contribution < -0.4 is 5.30 Å². The van der Waals surface area contributed by atoms with Gasteiger partial charge in [-0.05, 0) is 24.7 Å². The molecule has 0 aromatic heterocycles. The molecule has 0 spiro atoms. The molecule has 1 nitrogen and oxygen atoms in total. The van der Waals surface area contributed by atoms with E-state index in [0.717, 1.165) is 0 Å². The molecule has 0 amide bonds. The second-order valence-corrected chi connectivity index (χ2v) is 3.92. The summed E-state index contributed by atoms with van der Waals surface area (Å²) < 4.78 is 5.39. The molecule has 0 saturated carbocycles. The van der Waals surface area contributed by atoms with E-state index < -0.39 is 0 Å². The van der Waals surface area contributed by atoms with Crippen molar-refractivity contribution in [1.29, 1.82) is 0 Å². The minimum atomic E-state index is -0.196. The third-order valence-corrected chi connectivity index (χ3v) is 2.62. The van der Waals surface area contributed by atoms with Gasteiger partial charge in [0.1, 0.15) is 0 Å². The topological polar surface area (TPSA) is 9.23 Å². The molecule has 66 valence electrons. The zero-order valence-electron chi connectivity index (χ0n) is 7.79. The quantitative estimate of drug-likeness (QED) is 0.636. The van der Waals surface area contributed by atoms with Crippen molar-refractivity contribution in [1.82, 2.24) is 0 Å². The Bertz CT molecular complexity index is 268. The van der Waals surface area contributed by atoms with E-state index in [1.54, 1.807) is 7.11 Å². The standard InChI is InChI=1S/C10H15OP/c1-10(2,11-3)8-6-4-5-7-9(8)12/h4-7H,12H2,1-3H3. The summed E-state index contributed by atoms with van der Waals surface area (Å²) in [5.74, 6) is 0. The average molecular weight is 182 g/mol. The van der Waals surface area contributed by atoms with Crippen LogP contribution in [0.2, 0.25) is 0 Å². The maximum atomic E-state index is 5.39. The lowest BCUT2D eigenvalue weighted by Gasteiger charge is -2.25. The maximum absolute atomic E-state index is 5.39. The van der Waals surface area contributed by atoms with Gasteiger partial charge in [0, 0.05) is 7.11 Å². The van der Waals surface area contributed by atoms with Crippen LogP contribution in [-0.4, -0.2) is 7.11 Å². The minimum Gasteiger partial charge on any atom is -0.374 e. The van der Waals surface area contributed by atoms with Gasteiger partial charge in [-0.1, -0.05) is 24.3 Å². The largest absolute Gasteiger partial charge is 0.374 e. The van der Waals surface area contributed by atoms with E-state index in [1.165, 1.54) is 10.9 Å². The number of methoxy groups -OCH3 is 1. The summed E-state index contributed by atoms with van der Waals surface area (Å²) in [4.78, 5) is 0. The highest BCUT2D eigenvalue weighted by atomic mass is 31.0. The Morgan fingerprint density at radius 2 is 1.83 bits per heavy atom. The fraction of sp³-hybridized carbons (Fsp3) is 0.400. The average Bonchev–Trinajstić information content (AvgIpc) is 2.05. The molecule has 0 N–H and O–H groups in total. The van der Waals surface area contributed by atoms with Crippen molar-refractivity contribution in [3.63, 3.8) is 0 Å². The molecule has 12 heavy (non-hydrogen) atoms. The normalized spacial score (nSPS) is 11.7. The van der Waals surface area contributed by atoms with Gasteiger partial charge in [0.15, 0.2) is 0 Å². The Labute approximate surface area is 76.3 Å². The summed E-state index contributed by atoms with van der Waals surface area (Å²) in [6.45, 7) is 4.13. The second-order valence-electron chi connectivity index (χ2n) is 3.30. The Hall–Kier alpha value is -0.390. The van der Waals surface area contributed by atoms with E-state index >= 15 is 0 Å². The fourth-order valence-corrected chi connectivity index (χ4v) is 1.71. The summed E-state index contributed by atoms with van der Waals surface area (Å²) in [5, 5.41) is 1.20. The van der Waals surface area contributed by atoms with Crippen LogP contribution in [0.3, 0.4) is 0 Å². The van der Waals surface area contributed by atoms with E-state index in [9.17, 15) is 0 Å². The van der Waals surface area contributed by atoms with Gasteiger partial charge in [-0.25, -0.2) is 0 Å². The molecule has 0 saturated heterocycles. The van der Waals surface area contributed by atoms with Gasteiger partial charge in [-0.3, -0.25) is 0 Å². The van der Waals surface area contributed by atoms with Crippen molar-refractivity contribution in [3.8, 4) is 0 Å². The van der Waals surface area contributed by atoms with Crippen molar-refractivity contribution in [3.05, 3.63) is 29.8 Å². The van der Waals surface area contributed by atoms with Gasteiger partial charge in [0.05, 0.1) is 5.60 Å². The molecule has 0 aliphatic carbocycles. The van der Waals surface area contributed by atoms with Gasteiger partial charge in [0.2, 0.25) is 0 Å². The monoisotopic (exact) mass is 182 g/mol. The summed E-state index contributed by atoms with van der Waals surface area (Å²) in [7, 11) is 4.46. The SMILES string of the molecule is COC(C)(C)c1ccccc1P. The van der Waals surface area contributed by atoms with Crippen LogP contribution in [0.1, 0.15) is 19.4 Å². The maximum Gasteiger partial charge on any atom is 0.0877 e. The third-order valence-electron chi connectivity index (χ3n) is 2.12. The van der Waals surface area contributed by atoms with Crippen molar-refractivity contribution in [2.24, 2.45) is 0 Å². The first-order valence-corrected chi connectivity index (χ1v) is 4.56. The highest BCUT2D eigenvalue weighted by Gasteiger charge is 2.20. The summed E-state index contributed by atoms with van der Waals surface area (Å²) in [5.41, 5.74) is 1.02. The van der Waals surface area contributed by atoms with Crippen LogP contribution in [0.15, 0.2) is 24.3 Å². The molecule has 0 bridgehead atoms. The number of hydrogen-bond acceptors (Lipinski definition) is 1. The molecule has 2 heteroatoms. The van der Waals surface area contributed by atoms with Gasteiger partial charge in [-0.15, -0.1) is 9.24 Å². The smallest absolute Gasteiger partial charge is 0.0877 e. The number of ether oxygens (including phenoxy) is 1.